The molecular weight excluding hydrogens is 804 g/mol. The van der Waals surface area contributed by atoms with E-state index in [2.05, 4.69) is 36.9 Å². The molecule has 2 heterocycles. The lowest BCUT2D eigenvalue weighted by molar-refractivity contribution is -0.143. The van der Waals surface area contributed by atoms with Crippen LogP contribution in [0.5, 0.6) is 17.2 Å². The maximum Gasteiger partial charge on any atom is 0.343 e. The highest BCUT2D eigenvalue weighted by Gasteiger charge is 2.34. The van der Waals surface area contributed by atoms with Crippen LogP contribution in [-0.2, 0) is 25.7 Å². The standard InChI is InChI=1S/C35H31Br2ClN2O8S/c1-5-45-27-14-21(10-11-26(27)47-18-29(41)44-4)31-30(34(43)46-6-2)19(3)39-35-40(31)33(42)28(49-35)15-22-13-23(36)16-25(37)32(22)48-17-20-8-7-9-24(38)12-20/h7-16,31H,5-6,17-18H2,1-4H3/b28-15+/t31-/m0/s1. The number of thiazole rings is 1. The average molecular weight is 835 g/mol. The molecule has 49 heavy (non-hydrogen) atoms. The van der Waals surface area contributed by atoms with Gasteiger partial charge < -0.3 is 23.7 Å². The summed E-state index contributed by atoms with van der Waals surface area (Å²) in [6.45, 7) is 5.57. The quantitative estimate of drug-likeness (QED) is 0.149. The van der Waals surface area contributed by atoms with Gasteiger partial charge in [-0.2, -0.15) is 0 Å². The minimum Gasteiger partial charge on any atom is -0.490 e. The van der Waals surface area contributed by atoms with E-state index in [9.17, 15) is 14.4 Å². The van der Waals surface area contributed by atoms with Gasteiger partial charge in [-0.1, -0.05) is 57.1 Å². The van der Waals surface area contributed by atoms with Crippen molar-refractivity contribution in [2.45, 2.75) is 33.4 Å². The second-order valence-corrected chi connectivity index (χ2v) is 13.7. The fraction of sp³-hybridized carbons (Fsp3) is 0.257. The number of fused-ring (bicyclic) bond motifs is 1. The number of esters is 2. The van der Waals surface area contributed by atoms with Gasteiger partial charge in [0, 0.05) is 15.1 Å². The van der Waals surface area contributed by atoms with Crippen molar-refractivity contribution < 1.29 is 33.3 Å². The van der Waals surface area contributed by atoms with E-state index in [1.165, 1.54) is 23.0 Å². The van der Waals surface area contributed by atoms with E-state index in [4.69, 9.17) is 35.3 Å². The van der Waals surface area contributed by atoms with E-state index >= 15 is 0 Å². The van der Waals surface area contributed by atoms with Gasteiger partial charge in [-0.15, -0.1) is 0 Å². The van der Waals surface area contributed by atoms with Crippen molar-refractivity contribution in [3.8, 4) is 17.2 Å². The topological polar surface area (TPSA) is 115 Å². The predicted octanol–water partition coefficient (Wildman–Crippen LogP) is 6.51. The molecule has 1 aromatic heterocycles. The van der Waals surface area contributed by atoms with Crippen LogP contribution < -0.4 is 29.1 Å². The summed E-state index contributed by atoms with van der Waals surface area (Å²) in [4.78, 5) is 44.6. The summed E-state index contributed by atoms with van der Waals surface area (Å²) in [5.74, 6) is -0.00787. The highest BCUT2D eigenvalue weighted by atomic mass is 79.9. The summed E-state index contributed by atoms with van der Waals surface area (Å²) in [5, 5.41) is 0.598. The summed E-state index contributed by atoms with van der Waals surface area (Å²) >= 11 is 14.5. The van der Waals surface area contributed by atoms with E-state index < -0.39 is 18.0 Å². The van der Waals surface area contributed by atoms with Crippen molar-refractivity contribution in [3.05, 3.63) is 116 Å². The zero-order valence-electron chi connectivity index (χ0n) is 26.9. The Bertz CT molecular complexity index is 2130. The van der Waals surface area contributed by atoms with Crippen molar-refractivity contribution >= 4 is 72.8 Å². The lowest BCUT2D eigenvalue weighted by Crippen LogP contribution is -2.40. The number of hydrogen-bond acceptors (Lipinski definition) is 10. The first-order chi connectivity index (χ1) is 23.5. The molecule has 256 valence electrons. The van der Waals surface area contributed by atoms with Crippen molar-refractivity contribution in [3.63, 3.8) is 0 Å². The molecule has 0 aliphatic carbocycles. The number of halogens is 3. The molecule has 0 fully saturated rings. The fourth-order valence-electron chi connectivity index (χ4n) is 5.15. The largest absolute Gasteiger partial charge is 0.490 e. The molecule has 3 aromatic carbocycles. The van der Waals surface area contributed by atoms with Gasteiger partial charge in [-0.3, -0.25) is 9.36 Å². The van der Waals surface area contributed by atoms with Crippen LogP contribution in [-0.4, -0.2) is 43.4 Å². The molecule has 0 N–H and O–H groups in total. The first-order valence-corrected chi connectivity index (χ1v) is 17.8. The van der Waals surface area contributed by atoms with Crippen LogP contribution in [0.2, 0.25) is 5.02 Å². The highest BCUT2D eigenvalue weighted by Crippen LogP contribution is 2.37. The Balaban J connectivity index is 1.64. The van der Waals surface area contributed by atoms with Gasteiger partial charge in [0.05, 0.1) is 46.6 Å². The van der Waals surface area contributed by atoms with Crippen LogP contribution in [0.3, 0.4) is 0 Å². The Morgan fingerprint density at radius 2 is 1.82 bits per heavy atom. The van der Waals surface area contributed by atoms with E-state index in [0.29, 0.717) is 59.5 Å². The maximum atomic E-state index is 14.3. The molecule has 1 aliphatic rings. The highest BCUT2D eigenvalue weighted by molar-refractivity contribution is 9.11. The number of ether oxygens (including phenoxy) is 5. The minimum atomic E-state index is -0.904. The third kappa shape index (κ3) is 8.29. The van der Waals surface area contributed by atoms with Gasteiger partial charge in [0.2, 0.25) is 0 Å². The Hall–Kier alpha value is -3.91. The molecule has 14 heteroatoms. The number of allylic oxidation sites excluding steroid dienone is 1. The number of methoxy groups -OCH3 is 1. The number of nitrogens with zero attached hydrogens (tertiary/aromatic N) is 2. The lowest BCUT2D eigenvalue weighted by atomic mass is 9.95. The van der Waals surface area contributed by atoms with Gasteiger partial charge in [-0.25, -0.2) is 14.6 Å². The van der Waals surface area contributed by atoms with Crippen LogP contribution >= 0.6 is 54.8 Å². The second-order valence-electron chi connectivity index (χ2n) is 10.5. The van der Waals surface area contributed by atoms with E-state index in [1.807, 2.05) is 30.3 Å². The number of carbonyl (C=O) groups excluding carboxylic acids is 2. The summed E-state index contributed by atoms with van der Waals surface area (Å²) in [6, 6.07) is 15.2. The number of aromatic nitrogens is 1. The molecule has 0 amide bonds. The van der Waals surface area contributed by atoms with Crippen molar-refractivity contribution in [1.82, 2.24) is 4.57 Å². The number of carbonyl (C=O) groups is 2. The summed E-state index contributed by atoms with van der Waals surface area (Å²) in [5.41, 5.74) is 2.32. The number of benzene rings is 3. The zero-order chi connectivity index (χ0) is 35.2. The zero-order valence-corrected chi connectivity index (χ0v) is 31.6. The molecule has 0 bridgehead atoms. The van der Waals surface area contributed by atoms with Crippen LogP contribution in [0.25, 0.3) is 6.08 Å². The summed E-state index contributed by atoms with van der Waals surface area (Å²) in [6.07, 6.45) is 1.74. The normalized spacial score (nSPS) is 14.2. The molecule has 1 aliphatic heterocycles. The second kappa shape index (κ2) is 16.2. The van der Waals surface area contributed by atoms with Crippen molar-refractivity contribution in [1.29, 1.82) is 0 Å². The maximum absolute atomic E-state index is 14.3. The van der Waals surface area contributed by atoms with Crippen LogP contribution in [0.4, 0.5) is 0 Å². The minimum absolute atomic E-state index is 0.132. The van der Waals surface area contributed by atoms with Gasteiger partial charge in [0.1, 0.15) is 12.4 Å². The van der Waals surface area contributed by atoms with Crippen LogP contribution in [0.1, 0.15) is 43.5 Å². The van der Waals surface area contributed by atoms with Crippen molar-refractivity contribution in [2.75, 3.05) is 26.9 Å². The van der Waals surface area contributed by atoms with Crippen molar-refractivity contribution in [2.24, 2.45) is 4.99 Å². The summed E-state index contributed by atoms with van der Waals surface area (Å²) < 4.78 is 31.2. The van der Waals surface area contributed by atoms with Gasteiger partial charge in [0.25, 0.3) is 5.56 Å². The molecular formula is C35H31Br2ClN2O8S. The van der Waals surface area contributed by atoms with Gasteiger partial charge in [-0.05, 0) is 90.3 Å². The number of rotatable bonds is 12. The predicted molar refractivity (Wildman–Crippen MR) is 193 cm³/mol. The first kappa shape index (κ1) is 36.4. The lowest BCUT2D eigenvalue weighted by Gasteiger charge is -2.25. The first-order valence-electron chi connectivity index (χ1n) is 15.1. The van der Waals surface area contributed by atoms with Gasteiger partial charge >= 0.3 is 11.9 Å². The molecule has 5 rings (SSSR count). The van der Waals surface area contributed by atoms with Gasteiger partial charge in [0.15, 0.2) is 22.9 Å². The Kier molecular flexibility index (Phi) is 12.0. The van der Waals surface area contributed by atoms with Crippen LogP contribution in [0, 0.1) is 0 Å². The summed E-state index contributed by atoms with van der Waals surface area (Å²) in [7, 11) is 1.27. The molecule has 0 saturated carbocycles. The third-order valence-electron chi connectivity index (χ3n) is 7.27. The molecule has 1 atom stereocenters. The van der Waals surface area contributed by atoms with E-state index in [-0.39, 0.29) is 31.0 Å². The number of hydrogen-bond donors (Lipinski definition) is 0. The monoisotopic (exact) mass is 832 g/mol. The van der Waals surface area contributed by atoms with E-state index in [0.717, 1.165) is 10.0 Å². The smallest absolute Gasteiger partial charge is 0.343 e. The Labute approximate surface area is 307 Å². The molecule has 4 aromatic rings. The Morgan fingerprint density at radius 3 is 2.53 bits per heavy atom. The molecule has 0 radical (unpaired) electrons. The SMILES string of the molecule is CCOC(=O)C1=C(C)N=c2s/c(=C/c3cc(Br)cc(Br)c3OCc3cccc(Cl)c3)c(=O)n2[C@H]1c1ccc(OCC(=O)OC)c(OCC)c1. The molecule has 10 nitrogen and oxygen atoms in total. The third-order valence-corrected chi connectivity index (χ3v) is 9.53. The molecule has 0 unspecified atom stereocenters. The average Bonchev–Trinajstić information content (AvgIpc) is 3.36. The fourth-order valence-corrected chi connectivity index (χ4v) is 7.77. The molecule has 0 spiro atoms. The van der Waals surface area contributed by atoms with E-state index in [1.54, 1.807) is 51.1 Å². The molecule has 0 saturated heterocycles. The van der Waals surface area contributed by atoms with Crippen LogP contribution in [0.15, 0.2) is 84.6 Å². The Morgan fingerprint density at radius 1 is 1.02 bits per heavy atom.